The number of aryl methyl sites for hydroxylation is 2. The maximum atomic E-state index is 12.6. The molecule has 0 aliphatic heterocycles. The van der Waals surface area contributed by atoms with E-state index in [4.69, 9.17) is 0 Å². The van der Waals surface area contributed by atoms with Crippen LogP contribution < -0.4 is 5.56 Å². The van der Waals surface area contributed by atoms with E-state index < -0.39 is 0 Å². The molecule has 0 fully saturated rings. The highest BCUT2D eigenvalue weighted by atomic mass is 32.1. The molecule has 0 aliphatic carbocycles. The van der Waals surface area contributed by atoms with Crippen molar-refractivity contribution in [2.24, 2.45) is 0 Å². The maximum Gasteiger partial charge on any atom is 0.264 e. The number of carbonyl (C=O) groups excluding carboxylic acids is 1. The van der Waals surface area contributed by atoms with Gasteiger partial charge in [-0.15, -0.1) is 11.3 Å². The van der Waals surface area contributed by atoms with Crippen LogP contribution in [0.1, 0.15) is 48.8 Å². The molecule has 0 radical (unpaired) electrons. The van der Waals surface area contributed by atoms with Crippen LogP contribution in [0.3, 0.4) is 0 Å². The van der Waals surface area contributed by atoms with Crippen LogP contribution in [0.15, 0.2) is 11.1 Å². The Hall–Kier alpha value is -1.69. The smallest absolute Gasteiger partial charge is 0.264 e. The number of amides is 1. The van der Waals surface area contributed by atoms with E-state index in [1.165, 1.54) is 11.3 Å². The molecule has 22 heavy (non-hydrogen) atoms. The molecule has 0 atom stereocenters. The SMILES string of the molecule is CCCCn1cnc2sc(C(=O)N(CC)CC)c(C)c2c1=O. The Morgan fingerprint density at radius 3 is 2.59 bits per heavy atom. The summed E-state index contributed by atoms with van der Waals surface area (Å²) in [5.74, 6) is -0.00925. The molecule has 0 N–H and O–H groups in total. The Bertz CT molecular complexity index is 729. The lowest BCUT2D eigenvalue weighted by Crippen LogP contribution is -2.30. The molecule has 120 valence electrons. The third-order valence-corrected chi connectivity index (χ3v) is 5.10. The van der Waals surface area contributed by atoms with Gasteiger partial charge in [0.2, 0.25) is 0 Å². The summed E-state index contributed by atoms with van der Waals surface area (Å²) in [6, 6.07) is 0. The Kier molecular flexibility index (Phi) is 5.34. The number of fused-ring (bicyclic) bond motifs is 1. The van der Waals surface area contributed by atoms with E-state index in [0.717, 1.165) is 18.4 Å². The second-order valence-corrected chi connectivity index (χ2v) is 6.31. The molecule has 5 nitrogen and oxygen atoms in total. The minimum atomic E-state index is -0.0363. The van der Waals surface area contributed by atoms with Crippen LogP contribution >= 0.6 is 11.3 Å². The van der Waals surface area contributed by atoms with Gasteiger partial charge in [0.25, 0.3) is 11.5 Å². The fourth-order valence-corrected chi connectivity index (χ4v) is 3.61. The average Bonchev–Trinajstić information content (AvgIpc) is 2.85. The van der Waals surface area contributed by atoms with Crippen molar-refractivity contribution in [1.29, 1.82) is 0 Å². The van der Waals surface area contributed by atoms with Gasteiger partial charge in [-0.05, 0) is 32.8 Å². The monoisotopic (exact) mass is 321 g/mol. The quantitative estimate of drug-likeness (QED) is 0.821. The van der Waals surface area contributed by atoms with Crippen molar-refractivity contribution >= 4 is 27.5 Å². The number of hydrogen-bond acceptors (Lipinski definition) is 4. The first-order valence-corrected chi connectivity index (χ1v) is 8.64. The molecule has 0 aromatic carbocycles. The van der Waals surface area contributed by atoms with Gasteiger partial charge < -0.3 is 4.90 Å². The fraction of sp³-hybridized carbons (Fsp3) is 0.562. The Morgan fingerprint density at radius 1 is 1.32 bits per heavy atom. The summed E-state index contributed by atoms with van der Waals surface area (Å²) in [5.41, 5.74) is 0.728. The summed E-state index contributed by atoms with van der Waals surface area (Å²) >= 11 is 1.32. The molecule has 0 unspecified atom stereocenters. The predicted octanol–water partition coefficient (Wildman–Crippen LogP) is 3.05. The van der Waals surface area contributed by atoms with Crippen LogP contribution in [0.25, 0.3) is 10.2 Å². The maximum absolute atomic E-state index is 12.6. The van der Waals surface area contributed by atoms with Crippen LogP contribution in [0.2, 0.25) is 0 Å². The van der Waals surface area contributed by atoms with Gasteiger partial charge in [0.15, 0.2) is 0 Å². The standard InChI is InChI=1S/C16H23N3O2S/c1-5-8-9-19-10-17-14-12(15(19)20)11(4)13(22-14)16(21)18(6-2)7-3/h10H,5-9H2,1-4H3. The van der Waals surface area contributed by atoms with Gasteiger partial charge in [0.05, 0.1) is 16.6 Å². The second kappa shape index (κ2) is 7.05. The van der Waals surface area contributed by atoms with Crippen LogP contribution in [0, 0.1) is 6.92 Å². The number of thiophene rings is 1. The number of unbranched alkanes of at least 4 members (excludes halogenated alkanes) is 1. The zero-order valence-electron chi connectivity index (χ0n) is 13.7. The second-order valence-electron chi connectivity index (χ2n) is 5.31. The number of carbonyl (C=O) groups is 1. The van der Waals surface area contributed by atoms with Crippen molar-refractivity contribution in [3.63, 3.8) is 0 Å². The zero-order valence-corrected chi connectivity index (χ0v) is 14.5. The van der Waals surface area contributed by atoms with E-state index in [9.17, 15) is 9.59 Å². The van der Waals surface area contributed by atoms with Gasteiger partial charge in [-0.1, -0.05) is 13.3 Å². The van der Waals surface area contributed by atoms with Gasteiger partial charge in [0, 0.05) is 19.6 Å². The zero-order chi connectivity index (χ0) is 16.3. The van der Waals surface area contributed by atoms with Crippen molar-refractivity contribution in [3.8, 4) is 0 Å². The lowest BCUT2D eigenvalue weighted by molar-refractivity contribution is 0.0777. The fourth-order valence-electron chi connectivity index (χ4n) is 2.51. The third kappa shape index (κ3) is 2.92. The Morgan fingerprint density at radius 2 is 2.00 bits per heavy atom. The molecule has 6 heteroatoms. The van der Waals surface area contributed by atoms with E-state index in [2.05, 4.69) is 11.9 Å². The lowest BCUT2D eigenvalue weighted by Gasteiger charge is -2.17. The minimum absolute atomic E-state index is 0.00925. The Balaban J connectivity index is 2.52. The molecule has 2 rings (SSSR count). The number of hydrogen-bond donors (Lipinski definition) is 0. The molecule has 0 spiro atoms. The molecule has 0 bridgehead atoms. The van der Waals surface area contributed by atoms with Crippen LogP contribution in [0.5, 0.6) is 0 Å². The average molecular weight is 321 g/mol. The van der Waals surface area contributed by atoms with E-state index >= 15 is 0 Å². The number of rotatable bonds is 6. The first-order valence-electron chi connectivity index (χ1n) is 7.82. The van der Waals surface area contributed by atoms with Crippen LogP contribution in [0.4, 0.5) is 0 Å². The molecule has 0 aliphatic rings. The highest BCUT2D eigenvalue weighted by Crippen LogP contribution is 2.28. The van der Waals surface area contributed by atoms with Gasteiger partial charge >= 0.3 is 0 Å². The van der Waals surface area contributed by atoms with E-state index in [1.54, 1.807) is 15.8 Å². The van der Waals surface area contributed by atoms with Gasteiger partial charge in [-0.3, -0.25) is 14.2 Å². The summed E-state index contributed by atoms with van der Waals surface area (Å²) in [4.78, 5) is 32.6. The first-order chi connectivity index (χ1) is 10.5. The molecule has 0 saturated carbocycles. The summed E-state index contributed by atoms with van der Waals surface area (Å²) in [5, 5.41) is 0.596. The number of nitrogens with zero attached hydrogens (tertiary/aromatic N) is 3. The van der Waals surface area contributed by atoms with Crippen LogP contribution in [-0.4, -0.2) is 33.4 Å². The van der Waals surface area contributed by atoms with Gasteiger partial charge in [-0.2, -0.15) is 0 Å². The Labute approximate surface area is 134 Å². The third-order valence-electron chi connectivity index (χ3n) is 3.91. The van der Waals surface area contributed by atoms with Gasteiger partial charge in [0.1, 0.15) is 4.83 Å². The van der Waals surface area contributed by atoms with Crippen LogP contribution in [-0.2, 0) is 6.54 Å². The van der Waals surface area contributed by atoms with E-state index in [-0.39, 0.29) is 11.5 Å². The van der Waals surface area contributed by atoms with Crippen molar-refractivity contribution in [2.45, 2.75) is 47.1 Å². The summed E-state index contributed by atoms with van der Waals surface area (Å²) in [7, 11) is 0. The number of aromatic nitrogens is 2. The molecule has 1 amide bonds. The summed E-state index contributed by atoms with van der Waals surface area (Å²) < 4.78 is 1.65. The van der Waals surface area contributed by atoms with E-state index in [0.29, 0.717) is 34.7 Å². The highest BCUT2D eigenvalue weighted by molar-refractivity contribution is 7.20. The van der Waals surface area contributed by atoms with E-state index in [1.807, 2.05) is 20.8 Å². The minimum Gasteiger partial charge on any atom is -0.338 e. The van der Waals surface area contributed by atoms with Gasteiger partial charge in [-0.25, -0.2) is 4.98 Å². The van der Waals surface area contributed by atoms with Crippen molar-refractivity contribution in [2.75, 3.05) is 13.1 Å². The topological polar surface area (TPSA) is 55.2 Å². The van der Waals surface area contributed by atoms with Crippen molar-refractivity contribution < 1.29 is 4.79 Å². The molecular weight excluding hydrogens is 298 g/mol. The predicted molar refractivity (Wildman–Crippen MR) is 90.8 cm³/mol. The molecule has 2 aromatic rings. The molecule has 0 saturated heterocycles. The highest BCUT2D eigenvalue weighted by Gasteiger charge is 2.22. The lowest BCUT2D eigenvalue weighted by atomic mass is 10.2. The molecule has 2 aromatic heterocycles. The molecular formula is C16H23N3O2S. The van der Waals surface area contributed by atoms with Crippen molar-refractivity contribution in [1.82, 2.24) is 14.5 Å². The largest absolute Gasteiger partial charge is 0.338 e. The van der Waals surface area contributed by atoms with Crippen molar-refractivity contribution in [3.05, 3.63) is 27.1 Å². The summed E-state index contributed by atoms with van der Waals surface area (Å²) in [6.45, 7) is 9.86. The summed E-state index contributed by atoms with van der Waals surface area (Å²) in [6.07, 6.45) is 3.57. The normalized spacial score (nSPS) is 11.1. The molecule has 2 heterocycles. The first kappa shape index (κ1) is 16.7.